The molecule has 0 aliphatic heterocycles. The van der Waals surface area contributed by atoms with E-state index in [1.165, 1.54) is 0 Å². The summed E-state index contributed by atoms with van der Waals surface area (Å²) in [5, 5.41) is 18.8. The lowest BCUT2D eigenvalue weighted by Crippen LogP contribution is -1.88. The minimum absolute atomic E-state index is 0.0125. The molecule has 90 valence electrons. The lowest BCUT2D eigenvalue weighted by molar-refractivity contribution is 0.281. The Morgan fingerprint density at radius 2 is 1.56 bits per heavy atom. The summed E-state index contributed by atoms with van der Waals surface area (Å²) in [5.74, 6) is 6.30. The third-order valence-corrected chi connectivity index (χ3v) is 2.68. The van der Waals surface area contributed by atoms with E-state index < -0.39 is 0 Å². The van der Waals surface area contributed by atoms with Crippen LogP contribution in [0.5, 0.6) is 5.75 Å². The van der Waals surface area contributed by atoms with Crippen LogP contribution in [-0.4, -0.2) is 10.2 Å². The molecule has 0 saturated heterocycles. The molecule has 2 aromatic carbocycles. The number of phenolic OH excluding ortho intramolecular Hbond substituents is 1. The molecule has 0 amide bonds. The van der Waals surface area contributed by atoms with Crippen molar-refractivity contribution in [2.24, 2.45) is 0 Å². The summed E-state index contributed by atoms with van der Waals surface area (Å²) in [6.45, 7) is -0.0125. The molecular weight excluding hydrogens is 224 g/mol. The highest BCUT2D eigenvalue weighted by molar-refractivity contribution is 5.42. The van der Waals surface area contributed by atoms with Crippen molar-refractivity contribution < 1.29 is 10.2 Å². The summed E-state index contributed by atoms with van der Waals surface area (Å²) < 4.78 is 0. The molecule has 0 fully saturated rings. The monoisotopic (exact) mass is 238 g/mol. The van der Waals surface area contributed by atoms with Crippen LogP contribution < -0.4 is 0 Å². The molecule has 0 bridgehead atoms. The van der Waals surface area contributed by atoms with Crippen molar-refractivity contribution >= 4 is 0 Å². The van der Waals surface area contributed by atoms with Gasteiger partial charge in [0.15, 0.2) is 0 Å². The molecule has 0 aliphatic carbocycles. The van der Waals surface area contributed by atoms with Crippen molar-refractivity contribution in [2.75, 3.05) is 0 Å². The fourth-order valence-corrected chi connectivity index (χ4v) is 1.68. The molecule has 2 aromatic rings. The zero-order valence-electron chi connectivity index (χ0n) is 9.93. The maximum Gasteiger partial charge on any atom is 0.119 e. The standard InChI is InChI=1S/C16H14O2/c17-12-15-8-2-1-6-13(15)9-5-10-14-7-3-4-11-16(14)18/h1-4,6-8,11,17-18H,10,12H2. The van der Waals surface area contributed by atoms with E-state index in [-0.39, 0.29) is 12.4 Å². The molecule has 2 nitrogen and oxygen atoms in total. The fraction of sp³-hybridized carbons (Fsp3) is 0.125. The van der Waals surface area contributed by atoms with Crippen LogP contribution in [0.2, 0.25) is 0 Å². The smallest absolute Gasteiger partial charge is 0.119 e. The topological polar surface area (TPSA) is 40.5 Å². The predicted molar refractivity (Wildman–Crippen MR) is 71.1 cm³/mol. The molecule has 0 spiro atoms. The summed E-state index contributed by atoms with van der Waals surface area (Å²) in [6.07, 6.45) is 0.492. The zero-order chi connectivity index (χ0) is 12.8. The molecule has 18 heavy (non-hydrogen) atoms. The lowest BCUT2D eigenvalue weighted by Gasteiger charge is -1.99. The molecule has 0 saturated carbocycles. The van der Waals surface area contributed by atoms with E-state index in [1.807, 2.05) is 36.4 Å². The van der Waals surface area contributed by atoms with Crippen LogP contribution in [0.15, 0.2) is 48.5 Å². The van der Waals surface area contributed by atoms with Gasteiger partial charge in [-0.25, -0.2) is 0 Å². The van der Waals surface area contributed by atoms with Crippen molar-refractivity contribution in [3.8, 4) is 17.6 Å². The summed E-state index contributed by atoms with van der Waals surface area (Å²) in [7, 11) is 0. The number of para-hydroxylation sites is 1. The van der Waals surface area contributed by atoms with E-state index in [4.69, 9.17) is 0 Å². The molecule has 0 aromatic heterocycles. The van der Waals surface area contributed by atoms with Crippen LogP contribution in [0.25, 0.3) is 0 Å². The molecule has 0 unspecified atom stereocenters. The summed E-state index contributed by atoms with van der Waals surface area (Å²) in [5.41, 5.74) is 2.46. The lowest BCUT2D eigenvalue weighted by atomic mass is 10.1. The van der Waals surface area contributed by atoms with E-state index in [9.17, 15) is 10.2 Å². The highest BCUT2D eigenvalue weighted by Gasteiger charge is 1.97. The first kappa shape index (κ1) is 12.2. The second-order valence-corrected chi connectivity index (χ2v) is 3.92. The number of aliphatic hydroxyl groups is 1. The van der Waals surface area contributed by atoms with Gasteiger partial charge in [0.25, 0.3) is 0 Å². The highest BCUT2D eigenvalue weighted by Crippen LogP contribution is 2.15. The molecule has 0 heterocycles. The Morgan fingerprint density at radius 1 is 0.889 bits per heavy atom. The Labute approximate surface area is 107 Å². The van der Waals surface area contributed by atoms with Gasteiger partial charge in [0.05, 0.1) is 6.61 Å². The minimum atomic E-state index is -0.0125. The number of rotatable bonds is 2. The maximum atomic E-state index is 9.60. The van der Waals surface area contributed by atoms with Gasteiger partial charge in [0.1, 0.15) is 5.75 Å². The number of phenols is 1. The van der Waals surface area contributed by atoms with Gasteiger partial charge in [-0.1, -0.05) is 48.2 Å². The summed E-state index contributed by atoms with van der Waals surface area (Å²) >= 11 is 0. The average Bonchev–Trinajstić information content (AvgIpc) is 2.41. The van der Waals surface area contributed by atoms with Gasteiger partial charge >= 0.3 is 0 Å². The SMILES string of the molecule is OCc1ccccc1C#CCc1ccccc1O. The number of hydrogen-bond acceptors (Lipinski definition) is 2. The minimum Gasteiger partial charge on any atom is -0.508 e. The number of hydrogen-bond donors (Lipinski definition) is 2. The van der Waals surface area contributed by atoms with E-state index in [0.29, 0.717) is 6.42 Å². The van der Waals surface area contributed by atoms with Crippen molar-refractivity contribution in [3.63, 3.8) is 0 Å². The van der Waals surface area contributed by atoms with Crippen LogP contribution >= 0.6 is 0 Å². The van der Waals surface area contributed by atoms with Crippen LogP contribution in [0.1, 0.15) is 16.7 Å². The Kier molecular flexibility index (Phi) is 4.01. The molecule has 2 N–H and O–H groups in total. The third-order valence-electron chi connectivity index (χ3n) is 2.68. The third kappa shape index (κ3) is 2.91. The second-order valence-electron chi connectivity index (χ2n) is 3.92. The first-order valence-electron chi connectivity index (χ1n) is 5.76. The van der Waals surface area contributed by atoms with E-state index in [1.54, 1.807) is 12.1 Å². The van der Waals surface area contributed by atoms with Gasteiger partial charge < -0.3 is 10.2 Å². The van der Waals surface area contributed by atoms with Gasteiger partial charge in [0.2, 0.25) is 0 Å². The Bertz CT molecular complexity index is 591. The van der Waals surface area contributed by atoms with Crippen LogP contribution in [0, 0.1) is 11.8 Å². The van der Waals surface area contributed by atoms with E-state index in [0.717, 1.165) is 16.7 Å². The van der Waals surface area contributed by atoms with Gasteiger partial charge in [-0.05, 0) is 17.7 Å². The van der Waals surface area contributed by atoms with Crippen molar-refractivity contribution in [3.05, 3.63) is 65.2 Å². The molecule has 2 rings (SSSR count). The Morgan fingerprint density at radius 3 is 2.28 bits per heavy atom. The van der Waals surface area contributed by atoms with Crippen LogP contribution in [0.3, 0.4) is 0 Å². The summed E-state index contributed by atoms with van der Waals surface area (Å²) in [4.78, 5) is 0. The molecular formula is C16H14O2. The van der Waals surface area contributed by atoms with Gasteiger partial charge in [-0.2, -0.15) is 0 Å². The van der Waals surface area contributed by atoms with Crippen LogP contribution in [0.4, 0.5) is 0 Å². The number of aliphatic hydroxyl groups excluding tert-OH is 1. The Hall–Kier alpha value is -2.24. The molecule has 0 atom stereocenters. The quantitative estimate of drug-likeness (QED) is 0.789. The predicted octanol–water partition coefficient (Wildman–Crippen LogP) is 2.48. The zero-order valence-corrected chi connectivity index (χ0v) is 9.93. The molecule has 0 radical (unpaired) electrons. The summed E-state index contributed by atoms with van der Waals surface area (Å²) in [6, 6.07) is 14.7. The van der Waals surface area contributed by atoms with Gasteiger partial charge in [-0.15, -0.1) is 0 Å². The van der Waals surface area contributed by atoms with Crippen molar-refractivity contribution in [2.45, 2.75) is 13.0 Å². The Balaban J connectivity index is 2.16. The number of benzene rings is 2. The average molecular weight is 238 g/mol. The van der Waals surface area contributed by atoms with Crippen molar-refractivity contribution in [1.82, 2.24) is 0 Å². The molecule has 0 aliphatic rings. The first-order chi connectivity index (χ1) is 8.81. The van der Waals surface area contributed by atoms with Crippen molar-refractivity contribution in [1.29, 1.82) is 0 Å². The number of aromatic hydroxyl groups is 1. The second kappa shape index (κ2) is 5.90. The normalized spacial score (nSPS) is 9.61. The van der Waals surface area contributed by atoms with Gasteiger partial charge in [-0.3, -0.25) is 0 Å². The first-order valence-corrected chi connectivity index (χ1v) is 5.76. The molecule has 2 heteroatoms. The largest absolute Gasteiger partial charge is 0.508 e. The van der Waals surface area contributed by atoms with E-state index >= 15 is 0 Å². The van der Waals surface area contributed by atoms with Crippen LogP contribution in [-0.2, 0) is 13.0 Å². The fourth-order valence-electron chi connectivity index (χ4n) is 1.68. The highest BCUT2D eigenvalue weighted by atomic mass is 16.3. The maximum absolute atomic E-state index is 9.60. The van der Waals surface area contributed by atoms with E-state index in [2.05, 4.69) is 11.8 Å². The van der Waals surface area contributed by atoms with Gasteiger partial charge in [0, 0.05) is 17.5 Å².